The van der Waals surface area contributed by atoms with E-state index in [0.717, 1.165) is 43.7 Å². The van der Waals surface area contributed by atoms with E-state index in [4.69, 9.17) is 0 Å². The Morgan fingerprint density at radius 2 is 2.12 bits per heavy atom. The van der Waals surface area contributed by atoms with Gasteiger partial charge in [-0.3, -0.25) is 4.90 Å². The summed E-state index contributed by atoms with van der Waals surface area (Å²) in [7, 11) is 0. The molecule has 2 aromatic heterocycles. The van der Waals surface area contributed by atoms with E-state index in [9.17, 15) is 4.39 Å². The van der Waals surface area contributed by atoms with Crippen molar-refractivity contribution < 1.29 is 4.39 Å². The minimum absolute atomic E-state index is 0.138. The number of benzene rings is 1. The Morgan fingerprint density at radius 1 is 1.24 bits per heavy atom. The van der Waals surface area contributed by atoms with Crippen molar-refractivity contribution in [2.75, 3.05) is 13.1 Å². The maximum atomic E-state index is 13.5. The molecule has 1 atom stereocenters. The predicted molar refractivity (Wildman–Crippen MR) is 93.9 cm³/mol. The molecule has 0 N–H and O–H groups in total. The van der Waals surface area contributed by atoms with E-state index in [0.29, 0.717) is 17.3 Å². The summed E-state index contributed by atoms with van der Waals surface area (Å²) in [5.74, 6) is 0.934. The number of aromatic nitrogens is 4. The van der Waals surface area contributed by atoms with Crippen LogP contribution in [0.4, 0.5) is 4.39 Å². The Labute approximate surface area is 146 Å². The quantitative estimate of drug-likeness (QED) is 0.735. The second-order valence-electron chi connectivity index (χ2n) is 6.95. The topological polar surface area (TPSA) is 46.3 Å². The SMILES string of the molecule is Cc1cc(C2CCCN(Cc3ccc(F)c(C)c3)C2)n2ncnc2n1. The average molecular weight is 339 g/mol. The molecule has 0 saturated carbocycles. The number of piperidine rings is 1. The number of hydrogen-bond donors (Lipinski definition) is 0. The first-order valence-electron chi connectivity index (χ1n) is 8.75. The molecular weight excluding hydrogens is 317 g/mol. The van der Waals surface area contributed by atoms with Gasteiger partial charge in [0.25, 0.3) is 5.78 Å². The maximum Gasteiger partial charge on any atom is 0.252 e. The van der Waals surface area contributed by atoms with Gasteiger partial charge < -0.3 is 0 Å². The molecule has 1 aromatic carbocycles. The van der Waals surface area contributed by atoms with E-state index in [1.54, 1.807) is 12.4 Å². The van der Waals surface area contributed by atoms with Gasteiger partial charge in [0.15, 0.2) is 0 Å². The minimum Gasteiger partial charge on any atom is -0.298 e. The molecule has 1 fully saturated rings. The van der Waals surface area contributed by atoms with Crippen LogP contribution >= 0.6 is 0 Å². The summed E-state index contributed by atoms with van der Waals surface area (Å²) in [5, 5.41) is 4.35. The predicted octanol–water partition coefficient (Wildman–Crippen LogP) is 3.26. The van der Waals surface area contributed by atoms with Crippen molar-refractivity contribution in [2.45, 2.75) is 39.2 Å². The van der Waals surface area contributed by atoms with Gasteiger partial charge in [0.05, 0.1) is 5.69 Å². The van der Waals surface area contributed by atoms with Gasteiger partial charge in [0.2, 0.25) is 0 Å². The largest absolute Gasteiger partial charge is 0.298 e. The summed E-state index contributed by atoms with van der Waals surface area (Å²) in [5.41, 5.74) is 4.03. The first-order valence-corrected chi connectivity index (χ1v) is 8.75. The fourth-order valence-electron chi connectivity index (χ4n) is 3.75. The van der Waals surface area contributed by atoms with Crippen molar-refractivity contribution in [1.29, 1.82) is 0 Å². The van der Waals surface area contributed by atoms with Crippen LogP contribution in [0.5, 0.6) is 0 Å². The van der Waals surface area contributed by atoms with Crippen LogP contribution in [0.3, 0.4) is 0 Å². The molecule has 25 heavy (non-hydrogen) atoms. The third kappa shape index (κ3) is 3.26. The smallest absolute Gasteiger partial charge is 0.252 e. The van der Waals surface area contributed by atoms with Crippen LogP contribution < -0.4 is 0 Å². The molecule has 130 valence electrons. The Morgan fingerprint density at radius 3 is 2.96 bits per heavy atom. The number of halogens is 1. The van der Waals surface area contributed by atoms with Crippen LogP contribution in [0.2, 0.25) is 0 Å². The first kappa shape index (κ1) is 16.1. The monoisotopic (exact) mass is 339 g/mol. The number of rotatable bonds is 3. The molecule has 0 spiro atoms. The van der Waals surface area contributed by atoms with Crippen LogP contribution in [0.1, 0.15) is 41.3 Å². The number of fused-ring (bicyclic) bond motifs is 1. The van der Waals surface area contributed by atoms with Gasteiger partial charge in [-0.2, -0.15) is 10.1 Å². The van der Waals surface area contributed by atoms with Crippen molar-refractivity contribution in [1.82, 2.24) is 24.5 Å². The van der Waals surface area contributed by atoms with Gasteiger partial charge in [-0.05, 0) is 56.5 Å². The van der Waals surface area contributed by atoms with Gasteiger partial charge in [-0.25, -0.2) is 13.9 Å². The highest BCUT2D eigenvalue weighted by Gasteiger charge is 2.24. The third-order valence-corrected chi connectivity index (χ3v) is 4.96. The van der Waals surface area contributed by atoms with Crippen LogP contribution in [-0.2, 0) is 6.54 Å². The zero-order valence-electron chi connectivity index (χ0n) is 14.6. The lowest BCUT2D eigenvalue weighted by Crippen LogP contribution is -2.34. The van der Waals surface area contributed by atoms with E-state index >= 15 is 0 Å². The third-order valence-electron chi connectivity index (χ3n) is 4.96. The summed E-state index contributed by atoms with van der Waals surface area (Å²) in [6.45, 7) is 6.70. The van der Waals surface area contributed by atoms with Gasteiger partial charge in [-0.1, -0.05) is 12.1 Å². The Balaban J connectivity index is 1.56. The lowest BCUT2D eigenvalue weighted by atomic mass is 9.93. The van der Waals surface area contributed by atoms with Crippen LogP contribution in [-0.4, -0.2) is 37.6 Å². The molecule has 0 radical (unpaired) electrons. The highest BCUT2D eigenvalue weighted by Crippen LogP contribution is 2.28. The molecule has 3 aromatic rings. The van der Waals surface area contributed by atoms with Gasteiger partial charge in [-0.15, -0.1) is 0 Å². The lowest BCUT2D eigenvalue weighted by molar-refractivity contribution is 0.197. The lowest BCUT2D eigenvalue weighted by Gasteiger charge is -2.33. The van der Waals surface area contributed by atoms with E-state index < -0.39 is 0 Å². The van der Waals surface area contributed by atoms with E-state index in [1.807, 2.05) is 30.5 Å². The maximum absolute atomic E-state index is 13.5. The normalized spacial score (nSPS) is 18.8. The molecular formula is C19H22FN5. The number of hydrogen-bond acceptors (Lipinski definition) is 4. The second-order valence-corrected chi connectivity index (χ2v) is 6.95. The molecule has 0 amide bonds. The highest BCUT2D eigenvalue weighted by molar-refractivity contribution is 5.31. The minimum atomic E-state index is -0.138. The van der Waals surface area contributed by atoms with E-state index in [1.165, 1.54) is 5.69 Å². The van der Waals surface area contributed by atoms with Crippen LogP contribution in [0, 0.1) is 19.7 Å². The Kier molecular flexibility index (Phi) is 4.21. The second kappa shape index (κ2) is 6.52. The highest BCUT2D eigenvalue weighted by atomic mass is 19.1. The molecule has 0 bridgehead atoms. The van der Waals surface area contributed by atoms with Gasteiger partial charge >= 0.3 is 0 Å². The average Bonchev–Trinajstić information content (AvgIpc) is 3.06. The van der Waals surface area contributed by atoms with Gasteiger partial charge in [0, 0.05) is 24.7 Å². The Bertz CT molecular complexity index is 904. The molecule has 1 aliphatic heterocycles. The first-order chi connectivity index (χ1) is 12.1. The molecule has 1 unspecified atom stereocenters. The van der Waals surface area contributed by atoms with Crippen LogP contribution in [0.25, 0.3) is 5.78 Å². The molecule has 6 heteroatoms. The summed E-state index contributed by atoms with van der Waals surface area (Å²) in [4.78, 5) is 11.1. The van der Waals surface area contributed by atoms with Crippen molar-refractivity contribution >= 4 is 5.78 Å². The van der Waals surface area contributed by atoms with Gasteiger partial charge in [0.1, 0.15) is 12.1 Å². The summed E-state index contributed by atoms with van der Waals surface area (Å²) in [6.07, 6.45) is 3.84. The van der Waals surface area contributed by atoms with E-state index in [2.05, 4.69) is 26.0 Å². The molecule has 0 aliphatic carbocycles. The summed E-state index contributed by atoms with van der Waals surface area (Å²) >= 11 is 0. The van der Waals surface area contributed by atoms with Crippen molar-refractivity contribution in [3.8, 4) is 0 Å². The zero-order chi connectivity index (χ0) is 17.4. The van der Waals surface area contributed by atoms with E-state index in [-0.39, 0.29) is 5.82 Å². The number of likely N-dealkylation sites (tertiary alicyclic amines) is 1. The van der Waals surface area contributed by atoms with Crippen LogP contribution in [0.15, 0.2) is 30.6 Å². The molecule has 1 saturated heterocycles. The summed E-state index contributed by atoms with van der Waals surface area (Å²) in [6, 6.07) is 7.53. The fourth-order valence-corrected chi connectivity index (χ4v) is 3.75. The molecule has 3 heterocycles. The molecule has 5 nitrogen and oxygen atoms in total. The van der Waals surface area contributed by atoms with Crippen molar-refractivity contribution in [3.63, 3.8) is 0 Å². The number of nitrogens with zero attached hydrogens (tertiary/aromatic N) is 5. The number of aryl methyl sites for hydroxylation is 2. The van der Waals surface area contributed by atoms with Crippen molar-refractivity contribution in [2.24, 2.45) is 0 Å². The fraction of sp³-hybridized carbons (Fsp3) is 0.421. The summed E-state index contributed by atoms with van der Waals surface area (Å²) < 4.78 is 15.3. The van der Waals surface area contributed by atoms with Crippen molar-refractivity contribution in [3.05, 3.63) is 58.9 Å². The molecule has 4 rings (SSSR count). The zero-order valence-corrected chi connectivity index (χ0v) is 14.6. The molecule has 1 aliphatic rings. The Hall–Kier alpha value is -2.34. The standard InChI is InChI=1S/C19H22FN5/c1-13-8-15(5-6-17(13)20)10-24-7-3-4-16(11-24)18-9-14(2)23-19-21-12-22-25(18)19/h5-6,8-9,12,16H,3-4,7,10-11H2,1-2H3.